The van der Waals surface area contributed by atoms with Crippen LogP contribution >= 0.6 is 0 Å². The minimum atomic E-state index is -0.291. The van der Waals surface area contributed by atoms with Gasteiger partial charge in [0.2, 0.25) is 5.91 Å². The number of nitrogens with one attached hydrogen (secondary N) is 1. The molecule has 3 heteroatoms. The summed E-state index contributed by atoms with van der Waals surface area (Å²) in [7, 11) is 0. The second-order valence-electron chi connectivity index (χ2n) is 3.18. The summed E-state index contributed by atoms with van der Waals surface area (Å²) in [5.74, 6) is 0.0225. The lowest BCUT2D eigenvalue weighted by molar-refractivity contribution is -0.122. The molecule has 1 aliphatic rings. The van der Waals surface area contributed by atoms with Crippen molar-refractivity contribution in [2.75, 3.05) is 0 Å². The lowest BCUT2D eigenvalue weighted by Gasteiger charge is -2.09. The number of rotatable bonds is 4. The average Bonchev–Trinajstić information content (AvgIpc) is 2.72. The maximum atomic E-state index is 11.1. The molecule has 1 fully saturated rings. The predicted octanol–water partition coefficient (Wildman–Crippen LogP) is 0.392. The van der Waals surface area contributed by atoms with Crippen LogP contribution in [0.25, 0.3) is 0 Å². The third kappa shape index (κ3) is 2.89. The van der Waals surface area contributed by atoms with Crippen molar-refractivity contribution >= 4 is 5.91 Å². The van der Waals surface area contributed by atoms with Crippen LogP contribution in [0.3, 0.4) is 0 Å². The van der Waals surface area contributed by atoms with Gasteiger partial charge in [-0.3, -0.25) is 4.79 Å². The Morgan fingerprint density at radius 3 is 2.82 bits per heavy atom. The van der Waals surface area contributed by atoms with E-state index in [9.17, 15) is 4.79 Å². The molecule has 64 valence electrons. The van der Waals surface area contributed by atoms with Crippen LogP contribution in [-0.4, -0.2) is 18.0 Å². The second kappa shape index (κ2) is 3.72. The largest absolute Gasteiger partial charge is 0.352 e. The van der Waals surface area contributed by atoms with Gasteiger partial charge in [0, 0.05) is 6.04 Å². The molecule has 0 aromatic rings. The van der Waals surface area contributed by atoms with E-state index in [1.807, 2.05) is 6.92 Å². The van der Waals surface area contributed by atoms with Crippen LogP contribution in [-0.2, 0) is 4.79 Å². The zero-order valence-electron chi connectivity index (χ0n) is 6.97. The Morgan fingerprint density at radius 1 is 1.73 bits per heavy atom. The molecular formula is C8H16N2O. The van der Waals surface area contributed by atoms with Crippen LogP contribution in [0.4, 0.5) is 0 Å². The molecule has 3 N–H and O–H groups in total. The van der Waals surface area contributed by atoms with E-state index in [1.165, 1.54) is 0 Å². The molecule has 0 heterocycles. The summed E-state index contributed by atoms with van der Waals surface area (Å²) in [4.78, 5) is 11.1. The predicted molar refractivity (Wildman–Crippen MR) is 44.0 cm³/mol. The summed E-state index contributed by atoms with van der Waals surface area (Å²) in [5, 5.41) is 2.87. The van der Waals surface area contributed by atoms with Gasteiger partial charge in [0.05, 0.1) is 6.04 Å². The summed E-state index contributed by atoms with van der Waals surface area (Å²) >= 11 is 0. The van der Waals surface area contributed by atoms with Crippen molar-refractivity contribution in [3.8, 4) is 0 Å². The highest BCUT2D eigenvalue weighted by atomic mass is 16.2. The number of hydrogen-bond acceptors (Lipinski definition) is 2. The summed E-state index contributed by atoms with van der Waals surface area (Å²) in [6, 6.07) is 0.144. The number of nitrogens with two attached hydrogens (primary N) is 1. The molecule has 0 aliphatic heterocycles. The molecule has 1 saturated carbocycles. The normalized spacial score (nSPS) is 19.5. The van der Waals surface area contributed by atoms with E-state index in [4.69, 9.17) is 5.73 Å². The minimum absolute atomic E-state index is 0.0225. The molecule has 0 aromatic heterocycles. The van der Waals surface area contributed by atoms with Crippen LogP contribution < -0.4 is 11.1 Å². The smallest absolute Gasteiger partial charge is 0.237 e. The van der Waals surface area contributed by atoms with Gasteiger partial charge < -0.3 is 11.1 Å². The van der Waals surface area contributed by atoms with Gasteiger partial charge in [-0.1, -0.05) is 13.3 Å². The van der Waals surface area contributed by atoms with Crippen molar-refractivity contribution in [1.29, 1.82) is 0 Å². The fourth-order valence-electron chi connectivity index (χ4n) is 0.978. The lowest BCUT2D eigenvalue weighted by atomic mass is 10.2. The van der Waals surface area contributed by atoms with Crippen LogP contribution in [0.15, 0.2) is 0 Å². The van der Waals surface area contributed by atoms with Gasteiger partial charge in [-0.05, 0) is 19.3 Å². The van der Waals surface area contributed by atoms with Crippen molar-refractivity contribution in [1.82, 2.24) is 5.32 Å². The van der Waals surface area contributed by atoms with Crippen LogP contribution in [0.2, 0.25) is 0 Å². The Labute approximate surface area is 67.3 Å². The Balaban J connectivity index is 2.15. The molecule has 0 aromatic carbocycles. The van der Waals surface area contributed by atoms with Gasteiger partial charge in [0.15, 0.2) is 0 Å². The Kier molecular flexibility index (Phi) is 2.88. The molecule has 1 unspecified atom stereocenters. The van der Waals surface area contributed by atoms with E-state index in [1.54, 1.807) is 0 Å². The molecule has 1 amide bonds. The lowest BCUT2D eigenvalue weighted by Crippen LogP contribution is -2.41. The summed E-state index contributed by atoms with van der Waals surface area (Å²) in [6.07, 6.45) is 4.02. The van der Waals surface area contributed by atoms with Gasteiger partial charge in [0.25, 0.3) is 0 Å². The maximum absolute atomic E-state index is 11.1. The van der Waals surface area contributed by atoms with Gasteiger partial charge >= 0.3 is 0 Å². The third-order valence-electron chi connectivity index (χ3n) is 1.86. The number of carbonyl (C=O) groups is 1. The number of carbonyl (C=O) groups excluding carboxylic acids is 1. The van der Waals surface area contributed by atoms with Crippen molar-refractivity contribution in [2.24, 2.45) is 5.73 Å². The van der Waals surface area contributed by atoms with Gasteiger partial charge in [0.1, 0.15) is 0 Å². The first-order valence-corrected chi connectivity index (χ1v) is 4.30. The zero-order valence-corrected chi connectivity index (χ0v) is 6.97. The number of hydrogen-bond donors (Lipinski definition) is 2. The van der Waals surface area contributed by atoms with Crippen LogP contribution in [0.1, 0.15) is 32.6 Å². The SMILES string of the molecule is CCCC(N)C(=O)NC1CC1. The summed E-state index contributed by atoms with van der Waals surface area (Å²) < 4.78 is 0. The molecular weight excluding hydrogens is 140 g/mol. The highest BCUT2D eigenvalue weighted by Crippen LogP contribution is 2.18. The van der Waals surface area contributed by atoms with Gasteiger partial charge in [-0.2, -0.15) is 0 Å². The maximum Gasteiger partial charge on any atom is 0.237 e. The third-order valence-corrected chi connectivity index (χ3v) is 1.86. The van der Waals surface area contributed by atoms with E-state index >= 15 is 0 Å². The molecule has 1 atom stereocenters. The Bertz CT molecular complexity index is 143. The van der Waals surface area contributed by atoms with E-state index < -0.39 is 0 Å². The zero-order chi connectivity index (χ0) is 8.27. The fourth-order valence-corrected chi connectivity index (χ4v) is 0.978. The van der Waals surface area contributed by atoms with Crippen molar-refractivity contribution in [3.05, 3.63) is 0 Å². The Hall–Kier alpha value is -0.570. The van der Waals surface area contributed by atoms with E-state index in [-0.39, 0.29) is 11.9 Å². The van der Waals surface area contributed by atoms with E-state index in [2.05, 4.69) is 5.32 Å². The first-order valence-electron chi connectivity index (χ1n) is 4.30. The minimum Gasteiger partial charge on any atom is -0.352 e. The van der Waals surface area contributed by atoms with Gasteiger partial charge in [-0.25, -0.2) is 0 Å². The first kappa shape index (κ1) is 8.53. The van der Waals surface area contributed by atoms with Crippen molar-refractivity contribution < 1.29 is 4.79 Å². The average molecular weight is 156 g/mol. The molecule has 0 bridgehead atoms. The second-order valence-corrected chi connectivity index (χ2v) is 3.18. The fraction of sp³-hybridized carbons (Fsp3) is 0.875. The standard InChI is InChI=1S/C8H16N2O/c1-2-3-7(9)8(11)10-6-4-5-6/h6-7H,2-5,9H2,1H3,(H,10,11). The van der Waals surface area contributed by atoms with Crippen molar-refractivity contribution in [2.45, 2.75) is 44.7 Å². The first-order chi connectivity index (χ1) is 5.24. The van der Waals surface area contributed by atoms with Crippen LogP contribution in [0.5, 0.6) is 0 Å². The monoisotopic (exact) mass is 156 g/mol. The van der Waals surface area contributed by atoms with Crippen molar-refractivity contribution in [3.63, 3.8) is 0 Å². The molecule has 0 spiro atoms. The molecule has 11 heavy (non-hydrogen) atoms. The molecule has 0 radical (unpaired) electrons. The molecule has 3 nitrogen and oxygen atoms in total. The highest BCUT2D eigenvalue weighted by Gasteiger charge is 2.25. The summed E-state index contributed by atoms with van der Waals surface area (Å²) in [5.41, 5.74) is 5.59. The van der Waals surface area contributed by atoms with E-state index in [0.29, 0.717) is 6.04 Å². The quantitative estimate of drug-likeness (QED) is 0.618. The van der Waals surface area contributed by atoms with Crippen LogP contribution in [0, 0.1) is 0 Å². The highest BCUT2D eigenvalue weighted by molar-refractivity contribution is 5.81. The topological polar surface area (TPSA) is 55.1 Å². The van der Waals surface area contributed by atoms with Gasteiger partial charge in [-0.15, -0.1) is 0 Å². The molecule has 1 aliphatic carbocycles. The Morgan fingerprint density at radius 2 is 2.36 bits per heavy atom. The summed E-state index contributed by atoms with van der Waals surface area (Å²) in [6.45, 7) is 2.03. The molecule has 1 rings (SSSR count). The molecule has 0 saturated heterocycles. The van der Waals surface area contributed by atoms with E-state index in [0.717, 1.165) is 25.7 Å². The number of amides is 1.